The lowest BCUT2D eigenvalue weighted by Gasteiger charge is -2.13. The predicted molar refractivity (Wildman–Crippen MR) is 134 cm³/mol. The standard InChI is InChI=1S/C31H24NO/c33-23-25-16-18-26(19-17-25)29-20-30(27-12-6-2-7-13-27)32(22-24-10-4-1-5-11-24)31(21-29)28-14-8-3-9-15-28/h1-21,23H,22H2/q+1. The van der Waals surface area contributed by atoms with E-state index >= 15 is 0 Å². The van der Waals surface area contributed by atoms with Crippen molar-refractivity contribution in [1.82, 2.24) is 0 Å². The van der Waals surface area contributed by atoms with Gasteiger partial charge < -0.3 is 0 Å². The highest BCUT2D eigenvalue weighted by Crippen LogP contribution is 2.29. The first kappa shape index (κ1) is 20.6. The van der Waals surface area contributed by atoms with E-state index in [1.54, 1.807) is 0 Å². The highest BCUT2D eigenvalue weighted by Gasteiger charge is 2.23. The Bertz CT molecular complexity index is 1300. The van der Waals surface area contributed by atoms with E-state index in [-0.39, 0.29) is 0 Å². The second kappa shape index (κ2) is 9.46. The number of aromatic nitrogens is 1. The molecule has 5 rings (SSSR count). The summed E-state index contributed by atoms with van der Waals surface area (Å²) in [6.45, 7) is 0.764. The van der Waals surface area contributed by atoms with Crippen LogP contribution in [0.4, 0.5) is 0 Å². The topological polar surface area (TPSA) is 20.9 Å². The molecule has 0 fully saturated rings. The third-order valence-electron chi connectivity index (χ3n) is 5.87. The van der Waals surface area contributed by atoms with Crippen molar-refractivity contribution in [3.63, 3.8) is 0 Å². The summed E-state index contributed by atoms with van der Waals surface area (Å²) >= 11 is 0. The molecule has 0 atom stereocenters. The second-order valence-electron chi connectivity index (χ2n) is 8.06. The average molecular weight is 427 g/mol. The SMILES string of the molecule is O=Cc1ccc(-c2cc(-c3ccccc3)[n+](Cc3ccccc3)c(-c3ccccc3)c2)cc1. The van der Waals surface area contributed by atoms with Crippen LogP contribution in [0.5, 0.6) is 0 Å². The number of rotatable bonds is 6. The van der Waals surface area contributed by atoms with E-state index in [4.69, 9.17) is 0 Å². The van der Waals surface area contributed by atoms with Crippen molar-refractivity contribution in [2.75, 3.05) is 0 Å². The molecule has 0 N–H and O–H groups in total. The van der Waals surface area contributed by atoms with Gasteiger partial charge in [-0.25, -0.2) is 0 Å². The lowest BCUT2D eigenvalue weighted by atomic mass is 9.98. The van der Waals surface area contributed by atoms with Gasteiger partial charge >= 0.3 is 0 Å². The Hall–Kier alpha value is -4.30. The zero-order chi connectivity index (χ0) is 22.5. The minimum absolute atomic E-state index is 0.681. The number of hydrogen-bond acceptors (Lipinski definition) is 1. The first-order valence-electron chi connectivity index (χ1n) is 11.1. The van der Waals surface area contributed by atoms with Crippen LogP contribution in [0.15, 0.2) is 127 Å². The van der Waals surface area contributed by atoms with Gasteiger partial charge in [-0.05, 0) is 35.4 Å². The average Bonchev–Trinajstić information content (AvgIpc) is 2.90. The smallest absolute Gasteiger partial charge is 0.213 e. The number of pyridine rings is 1. The Morgan fingerprint density at radius 3 is 1.48 bits per heavy atom. The van der Waals surface area contributed by atoms with Gasteiger partial charge in [0.25, 0.3) is 0 Å². The summed E-state index contributed by atoms with van der Waals surface area (Å²) in [4.78, 5) is 11.1. The van der Waals surface area contributed by atoms with Crippen LogP contribution in [0.3, 0.4) is 0 Å². The molecule has 0 bridgehead atoms. The van der Waals surface area contributed by atoms with Gasteiger partial charge in [-0.15, -0.1) is 0 Å². The van der Waals surface area contributed by atoms with Crippen LogP contribution in [0, 0.1) is 0 Å². The predicted octanol–water partition coefficient (Wildman–Crippen LogP) is 6.84. The summed E-state index contributed by atoms with van der Waals surface area (Å²) in [6.07, 6.45) is 0.882. The van der Waals surface area contributed by atoms with Crippen LogP contribution in [-0.4, -0.2) is 6.29 Å². The summed E-state index contributed by atoms with van der Waals surface area (Å²) in [5, 5.41) is 0. The Balaban J connectivity index is 1.77. The molecule has 0 aliphatic heterocycles. The van der Waals surface area contributed by atoms with E-state index in [0.717, 1.165) is 46.5 Å². The molecular weight excluding hydrogens is 402 g/mol. The Morgan fingerprint density at radius 2 is 1.00 bits per heavy atom. The quantitative estimate of drug-likeness (QED) is 0.215. The van der Waals surface area contributed by atoms with E-state index in [0.29, 0.717) is 5.56 Å². The molecule has 158 valence electrons. The minimum Gasteiger partial charge on any atom is -0.298 e. The fourth-order valence-corrected chi connectivity index (χ4v) is 4.18. The highest BCUT2D eigenvalue weighted by molar-refractivity contribution is 5.78. The van der Waals surface area contributed by atoms with E-state index in [9.17, 15) is 4.79 Å². The first-order chi connectivity index (χ1) is 16.3. The van der Waals surface area contributed by atoms with Gasteiger partial charge in [0.05, 0.1) is 0 Å². The molecule has 0 radical (unpaired) electrons. The largest absolute Gasteiger partial charge is 0.298 e. The molecule has 1 aromatic heterocycles. The van der Waals surface area contributed by atoms with Crippen LogP contribution in [-0.2, 0) is 6.54 Å². The fraction of sp³-hybridized carbons (Fsp3) is 0.0323. The van der Waals surface area contributed by atoms with Crippen LogP contribution in [0.25, 0.3) is 33.6 Å². The monoisotopic (exact) mass is 426 g/mol. The van der Waals surface area contributed by atoms with Gasteiger partial charge in [0.1, 0.15) is 6.29 Å². The molecule has 0 aliphatic carbocycles. The number of aldehydes is 1. The zero-order valence-corrected chi connectivity index (χ0v) is 18.3. The van der Waals surface area contributed by atoms with E-state index < -0.39 is 0 Å². The van der Waals surface area contributed by atoms with Crippen LogP contribution in [0.1, 0.15) is 15.9 Å². The second-order valence-corrected chi connectivity index (χ2v) is 8.06. The molecule has 2 heteroatoms. The summed E-state index contributed by atoms with van der Waals surface area (Å²) in [6, 6.07) is 43.9. The molecule has 1 heterocycles. The van der Waals surface area contributed by atoms with Crippen molar-refractivity contribution in [1.29, 1.82) is 0 Å². The third kappa shape index (κ3) is 4.51. The molecule has 4 aromatic carbocycles. The molecule has 5 aromatic rings. The first-order valence-corrected chi connectivity index (χ1v) is 11.1. The highest BCUT2D eigenvalue weighted by atomic mass is 16.1. The third-order valence-corrected chi connectivity index (χ3v) is 5.87. The lowest BCUT2D eigenvalue weighted by Crippen LogP contribution is -2.39. The van der Waals surface area contributed by atoms with Crippen molar-refractivity contribution in [3.8, 4) is 33.6 Å². The molecule has 0 spiro atoms. The van der Waals surface area contributed by atoms with Crippen molar-refractivity contribution < 1.29 is 9.36 Å². The van der Waals surface area contributed by atoms with Crippen molar-refractivity contribution in [3.05, 3.63) is 139 Å². The number of carbonyl (C=O) groups excluding carboxylic acids is 1. The van der Waals surface area contributed by atoms with Crippen LogP contribution < -0.4 is 4.57 Å². The molecule has 33 heavy (non-hydrogen) atoms. The van der Waals surface area contributed by atoms with E-state index in [1.807, 2.05) is 36.4 Å². The summed E-state index contributed by atoms with van der Waals surface area (Å²) in [7, 11) is 0. The molecule has 0 aliphatic rings. The van der Waals surface area contributed by atoms with Gasteiger partial charge in [0.15, 0.2) is 6.54 Å². The van der Waals surface area contributed by atoms with Crippen molar-refractivity contribution in [2.24, 2.45) is 0 Å². The maximum atomic E-state index is 11.1. The maximum absolute atomic E-state index is 11.1. The number of nitrogens with zero attached hydrogens (tertiary/aromatic N) is 1. The van der Waals surface area contributed by atoms with Crippen LogP contribution in [0.2, 0.25) is 0 Å². The Kier molecular flexibility index (Phi) is 5.90. The van der Waals surface area contributed by atoms with E-state index in [2.05, 4.69) is 95.6 Å². The van der Waals surface area contributed by atoms with Gasteiger partial charge in [-0.1, -0.05) is 91.0 Å². The molecule has 2 nitrogen and oxygen atoms in total. The van der Waals surface area contributed by atoms with E-state index in [1.165, 1.54) is 5.56 Å². The summed E-state index contributed by atoms with van der Waals surface area (Å²) in [5.41, 5.74) is 8.76. The summed E-state index contributed by atoms with van der Waals surface area (Å²) in [5.74, 6) is 0. The number of benzene rings is 4. The van der Waals surface area contributed by atoms with Gasteiger partial charge in [-0.2, -0.15) is 4.57 Å². The Morgan fingerprint density at radius 1 is 0.515 bits per heavy atom. The molecular formula is C31H24NO+. The van der Waals surface area contributed by atoms with Crippen molar-refractivity contribution >= 4 is 6.29 Å². The maximum Gasteiger partial charge on any atom is 0.213 e. The summed E-state index contributed by atoms with van der Waals surface area (Å²) < 4.78 is 2.39. The van der Waals surface area contributed by atoms with Gasteiger partial charge in [-0.3, -0.25) is 4.79 Å². The minimum atomic E-state index is 0.681. The molecule has 0 amide bonds. The van der Waals surface area contributed by atoms with Crippen LogP contribution >= 0.6 is 0 Å². The number of carbonyl (C=O) groups is 1. The van der Waals surface area contributed by atoms with Crippen molar-refractivity contribution in [2.45, 2.75) is 6.54 Å². The molecule has 0 saturated carbocycles. The lowest BCUT2D eigenvalue weighted by molar-refractivity contribution is -0.666. The van der Waals surface area contributed by atoms with Gasteiger partial charge in [0.2, 0.25) is 11.4 Å². The van der Waals surface area contributed by atoms with Gasteiger partial charge in [0, 0.05) is 34.4 Å². The molecule has 0 saturated heterocycles. The normalized spacial score (nSPS) is 10.7. The Labute approximate surface area is 194 Å². The zero-order valence-electron chi connectivity index (χ0n) is 18.3. The number of hydrogen-bond donors (Lipinski definition) is 0. The molecule has 0 unspecified atom stereocenters. The fourth-order valence-electron chi connectivity index (χ4n) is 4.18.